The van der Waals surface area contributed by atoms with Gasteiger partial charge < -0.3 is 10.1 Å². The van der Waals surface area contributed by atoms with Gasteiger partial charge in [-0.25, -0.2) is 0 Å². The van der Waals surface area contributed by atoms with E-state index in [-0.39, 0.29) is 0 Å². The highest BCUT2D eigenvalue weighted by molar-refractivity contribution is 6.32. The SMILES string of the molecule is CCCOCc1ccccc1CNc1ccc(C#N)c(Cl)c1. The minimum atomic E-state index is 0.465. The zero-order valence-electron chi connectivity index (χ0n) is 12.6. The molecule has 2 aromatic carbocycles. The summed E-state index contributed by atoms with van der Waals surface area (Å²) in [6, 6.07) is 15.6. The second-order valence-corrected chi connectivity index (χ2v) is 5.39. The Balaban J connectivity index is 2.02. The van der Waals surface area contributed by atoms with E-state index < -0.39 is 0 Å². The Hall–Kier alpha value is -2.02. The first kappa shape index (κ1) is 16.4. The van der Waals surface area contributed by atoms with Crippen LogP contribution in [0.2, 0.25) is 5.02 Å². The van der Waals surface area contributed by atoms with Crippen LogP contribution in [0.3, 0.4) is 0 Å². The van der Waals surface area contributed by atoms with Gasteiger partial charge in [0.05, 0.1) is 17.2 Å². The first-order valence-electron chi connectivity index (χ1n) is 7.32. The number of ether oxygens (including phenoxy) is 1. The molecule has 0 radical (unpaired) electrons. The van der Waals surface area contributed by atoms with E-state index in [1.165, 1.54) is 11.1 Å². The molecule has 0 atom stereocenters. The molecule has 0 amide bonds. The minimum Gasteiger partial charge on any atom is -0.381 e. The molecule has 0 saturated heterocycles. The van der Waals surface area contributed by atoms with Crippen molar-refractivity contribution in [3.05, 3.63) is 64.2 Å². The van der Waals surface area contributed by atoms with Crippen molar-refractivity contribution in [2.75, 3.05) is 11.9 Å². The Morgan fingerprint density at radius 3 is 2.64 bits per heavy atom. The van der Waals surface area contributed by atoms with Crippen molar-refractivity contribution in [1.29, 1.82) is 5.26 Å². The van der Waals surface area contributed by atoms with Crippen LogP contribution in [0.5, 0.6) is 0 Å². The van der Waals surface area contributed by atoms with Gasteiger partial charge in [0.25, 0.3) is 0 Å². The smallest absolute Gasteiger partial charge is 0.101 e. The number of benzene rings is 2. The highest BCUT2D eigenvalue weighted by Gasteiger charge is 2.04. The van der Waals surface area contributed by atoms with Crippen molar-refractivity contribution in [3.63, 3.8) is 0 Å². The predicted molar refractivity (Wildman–Crippen MR) is 89.9 cm³/mol. The van der Waals surface area contributed by atoms with Gasteiger partial charge >= 0.3 is 0 Å². The van der Waals surface area contributed by atoms with Crippen LogP contribution in [0.1, 0.15) is 30.0 Å². The number of nitriles is 1. The predicted octanol–water partition coefficient (Wildman–Crippen LogP) is 4.75. The maximum atomic E-state index is 8.89. The normalized spacial score (nSPS) is 10.2. The summed E-state index contributed by atoms with van der Waals surface area (Å²) in [5.74, 6) is 0. The van der Waals surface area contributed by atoms with Gasteiger partial charge in [0.1, 0.15) is 6.07 Å². The molecule has 2 rings (SSSR count). The van der Waals surface area contributed by atoms with Crippen LogP contribution in [-0.4, -0.2) is 6.61 Å². The molecule has 0 bridgehead atoms. The standard InChI is InChI=1S/C18H19ClN2O/c1-2-9-22-13-16-6-4-3-5-15(16)12-21-17-8-7-14(11-20)18(19)10-17/h3-8,10,21H,2,9,12-13H2,1H3. The zero-order valence-corrected chi connectivity index (χ0v) is 13.4. The van der Waals surface area contributed by atoms with Gasteiger partial charge in [0.15, 0.2) is 0 Å². The van der Waals surface area contributed by atoms with Crippen LogP contribution in [-0.2, 0) is 17.9 Å². The molecule has 3 nitrogen and oxygen atoms in total. The van der Waals surface area contributed by atoms with E-state index >= 15 is 0 Å². The van der Waals surface area contributed by atoms with Crippen LogP contribution in [0, 0.1) is 11.3 Å². The van der Waals surface area contributed by atoms with Gasteiger partial charge in [-0.15, -0.1) is 0 Å². The Kier molecular flexibility index (Phi) is 6.27. The van der Waals surface area contributed by atoms with E-state index in [0.29, 0.717) is 23.7 Å². The van der Waals surface area contributed by atoms with E-state index in [9.17, 15) is 0 Å². The lowest BCUT2D eigenvalue weighted by atomic mass is 10.1. The third kappa shape index (κ3) is 4.49. The van der Waals surface area contributed by atoms with E-state index in [2.05, 4.69) is 30.4 Å². The highest BCUT2D eigenvalue weighted by atomic mass is 35.5. The van der Waals surface area contributed by atoms with Gasteiger partial charge in [-0.1, -0.05) is 42.8 Å². The number of nitrogens with one attached hydrogen (secondary N) is 1. The van der Waals surface area contributed by atoms with Crippen molar-refractivity contribution in [3.8, 4) is 6.07 Å². The molecule has 0 aliphatic heterocycles. The molecule has 0 spiro atoms. The van der Waals surface area contributed by atoms with Gasteiger partial charge in [-0.05, 0) is 35.7 Å². The number of anilines is 1. The van der Waals surface area contributed by atoms with Crippen molar-refractivity contribution in [2.45, 2.75) is 26.5 Å². The summed E-state index contributed by atoms with van der Waals surface area (Å²) in [6.07, 6.45) is 1.02. The average Bonchev–Trinajstić information content (AvgIpc) is 2.54. The first-order chi connectivity index (χ1) is 10.7. The summed E-state index contributed by atoms with van der Waals surface area (Å²) in [6.45, 7) is 4.18. The molecule has 0 fully saturated rings. The number of hydrogen-bond donors (Lipinski definition) is 1. The number of nitrogens with zero attached hydrogens (tertiary/aromatic N) is 1. The second-order valence-electron chi connectivity index (χ2n) is 4.98. The van der Waals surface area contributed by atoms with E-state index in [1.807, 2.05) is 18.2 Å². The quantitative estimate of drug-likeness (QED) is 0.750. The molecule has 114 valence electrons. The van der Waals surface area contributed by atoms with E-state index in [1.54, 1.807) is 12.1 Å². The van der Waals surface area contributed by atoms with E-state index in [0.717, 1.165) is 18.7 Å². The summed E-state index contributed by atoms with van der Waals surface area (Å²) in [5.41, 5.74) is 3.76. The Morgan fingerprint density at radius 2 is 1.95 bits per heavy atom. The third-order valence-electron chi connectivity index (χ3n) is 3.30. The van der Waals surface area contributed by atoms with Crippen LogP contribution >= 0.6 is 11.6 Å². The van der Waals surface area contributed by atoms with Crippen LogP contribution in [0.4, 0.5) is 5.69 Å². The summed E-state index contributed by atoms with van der Waals surface area (Å²) in [4.78, 5) is 0. The Morgan fingerprint density at radius 1 is 1.18 bits per heavy atom. The minimum absolute atomic E-state index is 0.465. The Labute approximate surface area is 136 Å². The highest BCUT2D eigenvalue weighted by Crippen LogP contribution is 2.21. The van der Waals surface area contributed by atoms with Crippen molar-refractivity contribution < 1.29 is 4.74 Å². The fraction of sp³-hybridized carbons (Fsp3) is 0.278. The molecule has 0 aliphatic carbocycles. The first-order valence-corrected chi connectivity index (χ1v) is 7.70. The van der Waals surface area contributed by atoms with Crippen molar-refractivity contribution in [2.24, 2.45) is 0 Å². The molecular weight excluding hydrogens is 296 g/mol. The summed E-state index contributed by atoms with van der Waals surface area (Å²) in [7, 11) is 0. The fourth-order valence-electron chi connectivity index (χ4n) is 2.11. The van der Waals surface area contributed by atoms with Gasteiger partial charge in [-0.3, -0.25) is 0 Å². The summed E-state index contributed by atoms with van der Waals surface area (Å²) >= 11 is 6.04. The lowest BCUT2D eigenvalue weighted by Gasteiger charge is -2.12. The summed E-state index contributed by atoms with van der Waals surface area (Å²) in [5, 5.41) is 12.7. The molecule has 0 aliphatic rings. The number of rotatable bonds is 7. The monoisotopic (exact) mass is 314 g/mol. The summed E-state index contributed by atoms with van der Waals surface area (Å²) < 4.78 is 5.63. The topological polar surface area (TPSA) is 45.0 Å². The third-order valence-corrected chi connectivity index (χ3v) is 3.61. The maximum absolute atomic E-state index is 8.89. The fourth-order valence-corrected chi connectivity index (χ4v) is 2.33. The average molecular weight is 315 g/mol. The molecule has 1 N–H and O–H groups in total. The second kappa shape index (κ2) is 8.43. The van der Waals surface area contributed by atoms with Gasteiger partial charge in [0.2, 0.25) is 0 Å². The van der Waals surface area contributed by atoms with E-state index in [4.69, 9.17) is 21.6 Å². The van der Waals surface area contributed by atoms with Crippen LogP contribution in [0.25, 0.3) is 0 Å². The van der Waals surface area contributed by atoms with Gasteiger partial charge in [0, 0.05) is 18.8 Å². The molecule has 0 saturated carbocycles. The molecule has 2 aromatic rings. The molecular formula is C18H19ClN2O. The lowest BCUT2D eigenvalue weighted by Crippen LogP contribution is -2.04. The molecule has 22 heavy (non-hydrogen) atoms. The maximum Gasteiger partial charge on any atom is 0.101 e. The molecule has 4 heteroatoms. The van der Waals surface area contributed by atoms with Crippen LogP contribution < -0.4 is 5.32 Å². The van der Waals surface area contributed by atoms with Gasteiger partial charge in [-0.2, -0.15) is 5.26 Å². The van der Waals surface area contributed by atoms with Crippen molar-refractivity contribution >= 4 is 17.3 Å². The molecule has 0 heterocycles. The molecule has 0 unspecified atom stereocenters. The number of hydrogen-bond acceptors (Lipinski definition) is 3. The Bertz CT molecular complexity index is 664. The number of halogens is 1. The zero-order chi connectivity index (χ0) is 15.8. The molecule has 0 aromatic heterocycles. The lowest BCUT2D eigenvalue weighted by molar-refractivity contribution is 0.121. The van der Waals surface area contributed by atoms with Crippen LogP contribution in [0.15, 0.2) is 42.5 Å². The largest absolute Gasteiger partial charge is 0.381 e. The van der Waals surface area contributed by atoms with Crippen molar-refractivity contribution in [1.82, 2.24) is 0 Å².